The van der Waals surface area contributed by atoms with E-state index < -0.39 is 0 Å². The number of nitrogens with two attached hydrogens (primary N) is 1. The molecule has 0 radical (unpaired) electrons. The van der Waals surface area contributed by atoms with E-state index in [0.29, 0.717) is 6.42 Å². The maximum absolute atomic E-state index is 12.2. The Morgan fingerprint density at radius 2 is 2.05 bits per heavy atom. The minimum absolute atomic E-state index is 0.107. The molecule has 1 aliphatic carbocycles. The van der Waals surface area contributed by atoms with Crippen LogP contribution in [0.5, 0.6) is 0 Å². The van der Waals surface area contributed by atoms with E-state index in [-0.39, 0.29) is 11.8 Å². The molecule has 1 heterocycles. The largest absolute Gasteiger partial charge is 0.399 e. The molecule has 0 aromatic heterocycles. The van der Waals surface area contributed by atoms with Crippen LogP contribution < -0.4 is 11.1 Å². The summed E-state index contributed by atoms with van der Waals surface area (Å²) in [5, 5.41) is 3.10. The van der Waals surface area contributed by atoms with E-state index >= 15 is 0 Å². The Morgan fingerprint density at radius 3 is 2.90 bits per heavy atom. The van der Waals surface area contributed by atoms with Gasteiger partial charge in [-0.2, -0.15) is 0 Å². The van der Waals surface area contributed by atoms with Gasteiger partial charge in [0.05, 0.1) is 0 Å². The predicted octanol–water partition coefficient (Wildman–Crippen LogP) is 3.23. The summed E-state index contributed by atoms with van der Waals surface area (Å²) < 4.78 is 0. The highest BCUT2D eigenvalue weighted by molar-refractivity contribution is 5.96. The number of benzene rings is 2. The van der Waals surface area contributed by atoms with Crippen LogP contribution in [0.15, 0.2) is 36.4 Å². The highest BCUT2D eigenvalue weighted by atomic mass is 16.1. The first kappa shape index (κ1) is 12.5. The first-order valence-electron chi connectivity index (χ1n) is 7.52. The van der Waals surface area contributed by atoms with Crippen molar-refractivity contribution in [2.45, 2.75) is 31.6 Å². The normalized spacial score (nSPS) is 19.8. The van der Waals surface area contributed by atoms with E-state index in [1.165, 1.54) is 23.1 Å². The molecule has 0 saturated carbocycles. The number of anilines is 2. The van der Waals surface area contributed by atoms with Crippen LogP contribution in [0.1, 0.15) is 41.0 Å². The highest BCUT2D eigenvalue weighted by Crippen LogP contribution is 2.42. The minimum atomic E-state index is 0.107. The zero-order valence-electron chi connectivity index (χ0n) is 11.9. The van der Waals surface area contributed by atoms with Gasteiger partial charge in [0.15, 0.2) is 0 Å². The molecular formula is C18H18N2O. The monoisotopic (exact) mass is 278 g/mol. The quantitative estimate of drug-likeness (QED) is 0.787. The van der Waals surface area contributed by atoms with Crippen molar-refractivity contribution in [1.82, 2.24) is 0 Å². The fourth-order valence-corrected chi connectivity index (χ4v) is 3.68. The lowest BCUT2D eigenvalue weighted by Gasteiger charge is -2.28. The molecule has 0 saturated heterocycles. The number of fused-ring (bicyclic) bond motifs is 3. The number of hydrogen-bond donors (Lipinski definition) is 2. The van der Waals surface area contributed by atoms with E-state index in [2.05, 4.69) is 23.5 Å². The first-order chi connectivity index (χ1) is 10.2. The summed E-state index contributed by atoms with van der Waals surface area (Å²) in [6.45, 7) is 0. The van der Waals surface area contributed by atoms with Crippen LogP contribution in [0.4, 0.5) is 11.4 Å². The fourth-order valence-electron chi connectivity index (χ4n) is 3.68. The number of nitrogens with one attached hydrogen (secondary N) is 1. The second kappa shape index (κ2) is 4.62. The van der Waals surface area contributed by atoms with Crippen LogP contribution >= 0.6 is 0 Å². The highest BCUT2D eigenvalue weighted by Gasteiger charge is 2.30. The lowest BCUT2D eigenvalue weighted by Crippen LogP contribution is -2.24. The summed E-state index contributed by atoms with van der Waals surface area (Å²) in [6.07, 6.45) is 3.88. The Balaban J connectivity index is 1.87. The van der Waals surface area contributed by atoms with Crippen molar-refractivity contribution >= 4 is 17.3 Å². The van der Waals surface area contributed by atoms with Crippen LogP contribution in [0.2, 0.25) is 0 Å². The zero-order chi connectivity index (χ0) is 14.4. The molecule has 106 valence electrons. The fraction of sp³-hybridized carbons (Fsp3) is 0.278. The summed E-state index contributed by atoms with van der Waals surface area (Å²) in [4.78, 5) is 12.2. The lowest BCUT2D eigenvalue weighted by atomic mass is 9.83. The standard InChI is InChI=1S/C18H18N2O/c19-13-5-1-4-12(9-13)16-10-17(21)20-18-14-6-2-3-11(14)7-8-15(16)18/h1,4-5,7-9,16H,2-3,6,10,19H2,(H,20,21). The van der Waals surface area contributed by atoms with Crippen LogP contribution in [0, 0.1) is 0 Å². The third-order valence-corrected chi connectivity index (χ3v) is 4.66. The minimum Gasteiger partial charge on any atom is -0.399 e. The first-order valence-corrected chi connectivity index (χ1v) is 7.52. The van der Waals surface area contributed by atoms with E-state index in [1.807, 2.05) is 18.2 Å². The Kier molecular flexibility index (Phi) is 2.74. The third kappa shape index (κ3) is 2.00. The van der Waals surface area contributed by atoms with Gasteiger partial charge in [-0.15, -0.1) is 0 Å². The number of carbonyl (C=O) groups excluding carboxylic acids is 1. The van der Waals surface area contributed by atoms with Gasteiger partial charge in [-0.1, -0.05) is 24.3 Å². The summed E-state index contributed by atoms with van der Waals surface area (Å²) in [7, 11) is 0. The van der Waals surface area contributed by atoms with Crippen molar-refractivity contribution in [2.75, 3.05) is 11.1 Å². The molecule has 2 aliphatic rings. The second-order valence-electron chi connectivity index (χ2n) is 6.00. The van der Waals surface area contributed by atoms with E-state index in [4.69, 9.17) is 5.73 Å². The van der Waals surface area contributed by atoms with Crippen LogP contribution in [-0.4, -0.2) is 5.91 Å². The molecule has 1 atom stereocenters. The summed E-state index contributed by atoms with van der Waals surface area (Å²) >= 11 is 0. The summed E-state index contributed by atoms with van der Waals surface area (Å²) in [6, 6.07) is 12.3. The number of rotatable bonds is 1. The van der Waals surface area contributed by atoms with E-state index in [1.54, 1.807) is 0 Å². The van der Waals surface area contributed by atoms with Gasteiger partial charge < -0.3 is 11.1 Å². The molecule has 4 rings (SSSR count). The summed E-state index contributed by atoms with van der Waals surface area (Å²) in [5.74, 6) is 0.221. The molecule has 3 N–H and O–H groups in total. The van der Waals surface area contributed by atoms with Crippen molar-refractivity contribution in [1.29, 1.82) is 0 Å². The maximum Gasteiger partial charge on any atom is 0.225 e. The molecule has 1 unspecified atom stereocenters. The van der Waals surface area contributed by atoms with Crippen molar-refractivity contribution in [3.05, 3.63) is 58.7 Å². The molecule has 1 amide bonds. The van der Waals surface area contributed by atoms with Gasteiger partial charge in [0.1, 0.15) is 0 Å². The zero-order valence-corrected chi connectivity index (χ0v) is 11.9. The molecule has 3 heteroatoms. The molecule has 2 aromatic rings. The van der Waals surface area contributed by atoms with Gasteiger partial charge in [-0.3, -0.25) is 4.79 Å². The molecule has 0 spiro atoms. The number of hydrogen-bond acceptors (Lipinski definition) is 2. The Morgan fingerprint density at radius 1 is 1.14 bits per heavy atom. The average Bonchev–Trinajstić information content (AvgIpc) is 2.95. The lowest BCUT2D eigenvalue weighted by molar-refractivity contribution is -0.116. The van der Waals surface area contributed by atoms with Gasteiger partial charge in [0.2, 0.25) is 5.91 Å². The van der Waals surface area contributed by atoms with Crippen LogP contribution in [0.25, 0.3) is 0 Å². The molecule has 2 aromatic carbocycles. The number of amides is 1. The summed E-state index contributed by atoms with van der Waals surface area (Å²) in [5.41, 5.74) is 12.8. The van der Waals surface area contributed by atoms with Crippen molar-refractivity contribution < 1.29 is 4.79 Å². The molecule has 0 fully saturated rings. The van der Waals surface area contributed by atoms with E-state index in [0.717, 1.165) is 29.8 Å². The number of carbonyl (C=O) groups is 1. The molecule has 1 aliphatic heterocycles. The Hall–Kier alpha value is -2.29. The Labute approximate surface area is 124 Å². The molecule has 21 heavy (non-hydrogen) atoms. The van der Waals surface area contributed by atoms with Crippen molar-refractivity contribution in [2.24, 2.45) is 0 Å². The molecule has 0 bridgehead atoms. The van der Waals surface area contributed by atoms with Gasteiger partial charge >= 0.3 is 0 Å². The van der Waals surface area contributed by atoms with Gasteiger partial charge in [-0.25, -0.2) is 0 Å². The van der Waals surface area contributed by atoms with Gasteiger partial charge in [-0.05, 0) is 53.6 Å². The SMILES string of the molecule is Nc1cccc(C2CC(=O)Nc3c2ccc2c3CCC2)c1. The van der Waals surface area contributed by atoms with Crippen LogP contribution in [-0.2, 0) is 17.6 Å². The third-order valence-electron chi connectivity index (χ3n) is 4.66. The average molecular weight is 278 g/mol. The van der Waals surface area contributed by atoms with Crippen molar-refractivity contribution in [3.8, 4) is 0 Å². The van der Waals surface area contributed by atoms with Crippen molar-refractivity contribution in [3.63, 3.8) is 0 Å². The number of aryl methyl sites for hydroxylation is 1. The Bertz CT molecular complexity index is 736. The molecule has 3 nitrogen and oxygen atoms in total. The maximum atomic E-state index is 12.2. The topological polar surface area (TPSA) is 55.1 Å². The predicted molar refractivity (Wildman–Crippen MR) is 84.4 cm³/mol. The molecular weight excluding hydrogens is 260 g/mol. The van der Waals surface area contributed by atoms with Gasteiger partial charge in [0, 0.05) is 23.7 Å². The van der Waals surface area contributed by atoms with E-state index in [9.17, 15) is 4.79 Å². The van der Waals surface area contributed by atoms with Crippen LogP contribution in [0.3, 0.4) is 0 Å². The van der Waals surface area contributed by atoms with Gasteiger partial charge in [0.25, 0.3) is 0 Å². The second-order valence-corrected chi connectivity index (χ2v) is 6.00. The number of nitrogen functional groups attached to an aromatic ring is 1. The smallest absolute Gasteiger partial charge is 0.225 e.